The predicted molar refractivity (Wildman–Crippen MR) is 79.9 cm³/mol. The number of aliphatic imine (C=N–C) groups is 1. The van der Waals surface area contributed by atoms with Crippen molar-refractivity contribution in [2.45, 2.75) is 17.7 Å². The number of ether oxygens (including phenoxy) is 1. The molecule has 1 aliphatic heterocycles. The summed E-state index contributed by atoms with van der Waals surface area (Å²) in [5, 5.41) is 1.70. The number of halogens is 1. The topological polar surface area (TPSA) is 55.7 Å². The van der Waals surface area contributed by atoms with Crippen molar-refractivity contribution in [1.82, 2.24) is 0 Å². The van der Waals surface area contributed by atoms with E-state index in [-0.39, 0.29) is 4.90 Å². The lowest BCUT2D eigenvalue weighted by Gasteiger charge is -2.06. The Morgan fingerprint density at radius 3 is 2.60 bits per heavy atom. The van der Waals surface area contributed by atoms with Crippen LogP contribution < -0.4 is 4.74 Å². The van der Waals surface area contributed by atoms with Gasteiger partial charge in [-0.3, -0.25) is 4.99 Å². The summed E-state index contributed by atoms with van der Waals surface area (Å²) in [6.07, 6.45) is 4.62. The van der Waals surface area contributed by atoms with E-state index in [4.69, 9.17) is 16.3 Å². The number of sulfone groups is 1. The normalized spacial score (nSPS) is 15.9. The number of hydrogen-bond acceptors (Lipinski definition) is 4. The minimum absolute atomic E-state index is 0.200. The molecular weight excluding hydrogens is 298 g/mol. The maximum atomic E-state index is 12.1. The van der Waals surface area contributed by atoms with Gasteiger partial charge in [0.15, 0.2) is 9.84 Å². The molecule has 106 valence electrons. The fraction of sp³-hybridized carbons (Fsp3) is 0.214. The predicted octanol–water partition coefficient (Wildman–Crippen LogP) is 3.30. The third kappa shape index (κ3) is 3.49. The Balaban J connectivity index is 2.24. The van der Waals surface area contributed by atoms with E-state index in [1.165, 1.54) is 25.3 Å². The Morgan fingerprint density at radius 1 is 1.30 bits per heavy atom. The molecule has 0 bridgehead atoms. The number of allylic oxidation sites excluding steroid dienone is 2. The van der Waals surface area contributed by atoms with Gasteiger partial charge in [0, 0.05) is 16.7 Å². The van der Waals surface area contributed by atoms with Gasteiger partial charge in [-0.25, -0.2) is 8.42 Å². The molecule has 0 amide bonds. The van der Waals surface area contributed by atoms with Crippen molar-refractivity contribution in [3.05, 3.63) is 46.5 Å². The zero-order valence-corrected chi connectivity index (χ0v) is 12.5. The van der Waals surface area contributed by atoms with Gasteiger partial charge < -0.3 is 4.74 Å². The van der Waals surface area contributed by atoms with Gasteiger partial charge >= 0.3 is 0 Å². The van der Waals surface area contributed by atoms with Crippen molar-refractivity contribution in [2.75, 3.05) is 7.11 Å². The molecule has 0 spiro atoms. The van der Waals surface area contributed by atoms with Crippen molar-refractivity contribution in [3.8, 4) is 5.75 Å². The minimum Gasteiger partial charge on any atom is -0.497 e. The first-order chi connectivity index (χ1) is 9.53. The van der Waals surface area contributed by atoms with E-state index < -0.39 is 9.84 Å². The van der Waals surface area contributed by atoms with Crippen LogP contribution in [0.1, 0.15) is 12.8 Å². The summed E-state index contributed by atoms with van der Waals surface area (Å²) < 4.78 is 29.3. The lowest BCUT2D eigenvalue weighted by molar-refractivity contribution is 0.414. The van der Waals surface area contributed by atoms with Crippen molar-refractivity contribution in [1.29, 1.82) is 0 Å². The van der Waals surface area contributed by atoms with E-state index in [0.717, 1.165) is 11.8 Å². The zero-order chi connectivity index (χ0) is 14.6. The average Bonchev–Trinajstić information content (AvgIpc) is 2.46. The van der Waals surface area contributed by atoms with Crippen LogP contribution in [-0.2, 0) is 9.84 Å². The molecule has 0 fully saturated rings. The molecule has 1 aromatic rings. The van der Waals surface area contributed by atoms with Gasteiger partial charge in [0.2, 0.25) is 0 Å². The van der Waals surface area contributed by atoms with Crippen LogP contribution in [0.25, 0.3) is 0 Å². The summed E-state index contributed by atoms with van der Waals surface area (Å²) in [7, 11) is -1.98. The number of hydrogen-bond donors (Lipinski definition) is 0. The van der Waals surface area contributed by atoms with Crippen LogP contribution in [0.3, 0.4) is 0 Å². The van der Waals surface area contributed by atoms with E-state index in [1.54, 1.807) is 18.3 Å². The largest absolute Gasteiger partial charge is 0.497 e. The lowest BCUT2D eigenvalue weighted by atomic mass is 10.2. The van der Waals surface area contributed by atoms with Gasteiger partial charge in [0.1, 0.15) is 5.75 Å². The summed E-state index contributed by atoms with van der Waals surface area (Å²) >= 11 is 6.00. The molecule has 20 heavy (non-hydrogen) atoms. The molecule has 1 heterocycles. The third-order valence-electron chi connectivity index (χ3n) is 2.79. The molecule has 1 aliphatic rings. The van der Waals surface area contributed by atoms with Crippen LogP contribution in [0.4, 0.5) is 0 Å². The molecule has 0 unspecified atom stereocenters. The molecule has 2 rings (SSSR count). The fourth-order valence-corrected chi connectivity index (χ4v) is 2.89. The molecular formula is C14H14ClNO3S. The highest BCUT2D eigenvalue weighted by atomic mass is 35.5. The highest BCUT2D eigenvalue weighted by Gasteiger charge is 2.11. The van der Waals surface area contributed by atoms with Gasteiger partial charge in [0.05, 0.1) is 17.7 Å². The highest BCUT2D eigenvalue weighted by molar-refractivity contribution is 7.94. The van der Waals surface area contributed by atoms with Gasteiger partial charge in [-0.05, 0) is 43.2 Å². The second-order valence-corrected chi connectivity index (χ2v) is 6.45. The van der Waals surface area contributed by atoms with E-state index in [9.17, 15) is 8.42 Å². The monoisotopic (exact) mass is 311 g/mol. The summed E-state index contributed by atoms with van der Waals surface area (Å²) in [6.45, 7) is 0. The van der Waals surface area contributed by atoms with Crippen LogP contribution in [0.15, 0.2) is 56.4 Å². The van der Waals surface area contributed by atoms with Crippen LogP contribution >= 0.6 is 11.6 Å². The standard InChI is InChI=1S/C14H14ClNO3S/c1-19-11-4-6-12(7-5-11)20(17,18)10-8-14-13(15)3-2-9-16-14/h4-10H,2-3H2,1H3/b10-8+. The summed E-state index contributed by atoms with van der Waals surface area (Å²) in [6, 6.07) is 6.20. The quantitative estimate of drug-likeness (QED) is 0.857. The Bertz CT molecular complexity index is 673. The summed E-state index contributed by atoms with van der Waals surface area (Å²) in [4.78, 5) is 4.29. The van der Waals surface area contributed by atoms with Gasteiger partial charge in [-0.2, -0.15) is 0 Å². The van der Waals surface area contributed by atoms with Gasteiger partial charge in [0.25, 0.3) is 0 Å². The average molecular weight is 312 g/mol. The Labute approximate surface area is 123 Å². The molecule has 0 N–H and O–H groups in total. The van der Waals surface area contributed by atoms with E-state index >= 15 is 0 Å². The van der Waals surface area contributed by atoms with Crippen LogP contribution in [0.2, 0.25) is 0 Å². The molecule has 0 saturated heterocycles. The van der Waals surface area contributed by atoms with Crippen molar-refractivity contribution in [3.63, 3.8) is 0 Å². The van der Waals surface area contributed by atoms with Gasteiger partial charge in [-0.15, -0.1) is 0 Å². The van der Waals surface area contributed by atoms with E-state index in [2.05, 4.69) is 4.99 Å². The number of methoxy groups -OCH3 is 1. The first-order valence-corrected chi connectivity index (χ1v) is 7.94. The molecule has 0 radical (unpaired) electrons. The lowest BCUT2D eigenvalue weighted by Crippen LogP contribution is -1.97. The summed E-state index contributed by atoms with van der Waals surface area (Å²) in [5.41, 5.74) is 0.495. The smallest absolute Gasteiger partial charge is 0.199 e. The Morgan fingerprint density at radius 2 is 2.00 bits per heavy atom. The molecule has 0 saturated carbocycles. The first-order valence-electron chi connectivity index (χ1n) is 6.01. The van der Waals surface area contributed by atoms with Crippen molar-refractivity contribution < 1.29 is 13.2 Å². The molecule has 4 nitrogen and oxygen atoms in total. The third-order valence-corrected chi connectivity index (χ3v) is 4.60. The Hall–Kier alpha value is -1.59. The number of rotatable bonds is 4. The first kappa shape index (κ1) is 14.8. The molecule has 1 aromatic carbocycles. The zero-order valence-electron chi connectivity index (χ0n) is 10.9. The molecule has 0 aliphatic carbocycles. The molecule has 6 heteroatoms. The second kappa shape index (κ2) is 6.24. The molecule has 0 aromatic heterocycles. The van der Waals surface area contributed by atoms with Crippen molar-refractivity contribution >= 4 is 27.7 Å². The van der Waals surface area contributed by atoms with Crippen LogP contribution in [0.5, 0.6) is 5.75 Å². The molecule has 0 atom stereocenters. The number of benzene rings is 1. The van der Waals surface area contributed by atoms with Crippen LogP contribution in [0, 0.1) is 0 Å². The number of nitrogens with zero attached hydrogens (tertiary/aromatic N) is 1. The highest BCUT2D eigenvalue weighted by Crippen LogP contribution is 2.23. The fourth-order valence-electron chi connectivity index (χ4n) is 1.68. The Kier molecular flexibility index (Phi) is 4.62. The maximum absolute atomic E-state index is 12.1. The van der Waals surface area contributed by atoms with Crippen molar-refractivity contribution in [2.24, 2.45) is 4.99 Å². The van der Waals surface area contributed by atoms with Crippen LogP contribution in [-0.4, -0.2) is 21.7 Å². The van der Waals surface area contributed by atoms with Gasteiger partial charge in [-0.1, -0.05) is 11.6 Å². The summed E-state index contributed by atoms with van der Waals surface area (Å²) in [5.74, 6) is 0.607. The SMILES string of the molecule is COc1ccc(S(=O)(=O)/C=C/C2=C(Cl)CCC=N2)cc1. The minimum atomic E-state index is -3.51. The second-order valence-electron chi connectivity index (χ2n) is 4.16. The van der Waals surface area contributed by atoms with E-state index in [0.29, 0.717) is 22.9 Å². The van der Waals surface area contributed by atoms with E-state index in [1.807, 2.05) is 0 Å². The maximum Gasteiger partial charge on any atom is 0.199 e.